The quantitative estimate of drug-likeness (QED) is 0.390. The molecule has 96 valence electrons. The third-order valence-electron chi connectivity index (χ3n) is 2.47. The van der Waals surface area contributed by atoms with Gasteiger partial charge in [0.25, 0.3) is 11.6 Å². The fraction of sp³-hybridized carbons (Fsp3) is 0. The molecule has 20 heavy (non-hydrogen) atoms. The number of carbonyl (C=O) groups excluding carboxylic acids is 1. The van der Waals surface area contributed by atoms with Gasteiger partial charge in [-0.3, -0.25) is 14.9 Å². The van der Waals surface area contributed by atoms with Crippen LogP contribution < -0.4 is 5.32 Å². The monoisotopic (exact) mass is 338 g/mol. The summed E-state index contributed by atoms with van der Waals surface area (Å²) >= 11 is 3.98. The minimum absolute atomic E-state index is 0. The SMILES string of the molecule is O=C(Nc1ccccc1)c1ccc(S)c([N+](=O)[O-])c1.[Zn+2]. The number of nitrogens with one attached hydrogen (secondary N) is 1. The number of nitro benzene ring substituents is 1. The van der Waals surface area contributed by atoms with Crippen molar-refractivity contribution >= 4 is 29.9 Å². The number of anilines is 1. The molecule has 0 aliphatic heterocycles. The minimum Gasteiger partial charge on any atom is -0.322 e. The third kappa shape index (κ3) is 3.89. The number of para-hydroxylation sites is 1. The molecular weight excluding hydrogens is 330 g/mol. The molecule has 0 heterocycles. The van der Waals surface area contributed by atoms with Gasteiger partial charge < -0.3 is 5.32 Å². The van der Waals surface area contributed by atoms with E-state index in [0.717, 1.165) is 0 Å². The second-order valence-electron chi connectivity index (χ2n) is 3.78. The third-order valence-corrected chi connectivity index (χ3v) is 2.84. The van der Waals surface area contributed by atoms with Crippen LogP contribution >= 0.6 is 12.6 Å². The molecule has 2 aromatic rings. The Hall–Kier alpha value is -1.72. The molecule has 0 saturated heterocycles. The summed E-state index contributed by atoms with van der Waals surface area (Å²) in [5, 5.41) is 13.4. The normalized spacial score (nSPS) is 9.45. The Morgan fingerprint density at radius 3 is 2.40 bits per heavy atom. The van der Waals surface area contributed by atoms with Gasteiger partial charge >= 0.3 is 19.5 Å². The molecule has 1 N–H and O–H groups in total. The second-order valence-corrected chi connectivity index (χ2v) is 4.26. The van der Waals surface area contributed by atoms with Crippen molar-refractivity contribution < 1.29 is 29.2 Å². The zero-order chi connectivity index (χ0) is 13.8. The van der Waals surface area contributed by atoms with Crippen LogP contribution in [0.2, 0.25) is 0 Å². The summed E-state index contributed by atoms with van der Waals surface area (Å²) < 4.78 is 0. The zero-order valence-corrected chi connectivity index (χ0v) is 14.3. The molecule has 0 unspecified atom stereocenters. The van der Waals surface area contributed by atoms with Crippen LogP contribution in [0.25, 0.3) is 0 Å². The van der Waals surface area contributed by atoms with Crippen LogP contribution in [-0.4, -0.2) is 10.8 Å². The molecule has 0 bridgehead atoms. The topological polar surface area (TPSA) is 72.2 Å². The van der Waals surface area contributed by atoms with E-state index in [1.165, 1.54) is 18.2 Å². The first kappa shape index (κ1) is 16.3. The summed E-state index contributed by atoms with van der Waals surface area (Å²) in [5.41, 5.74) is 0.655. The van der Waals surface area contributed by atoms with E-state index in [1.54, 1.807) is 24.3 Å². The molecule has 1 amide bonds. The molecule has 0 fully saturated rings. The van der Waals surface area contributed by atoms with Gasteiger partial charge in [-0.1, -0.05) is 18.2 Å². The molecule has 0 aromatic heterocycles. The van der Waals surface area contributed by atoms with Crippen molar-refractivity contribution in [2.75, 3.05) is 5.32 Å². The van der Waals surface area contributed by atoms with Crippen molar-refractivity contribution in [2.45, 2.75) is 4.90 Å². The number of nitrogens with zero attached hydrogens (tertiary/aromatic N) is 1. The summed E-state index contributed by atoms with van der Waals surface area (Å²) in [6.07, 6.45) is 0. The van der Waals surface area contributed by atoms with E-state index in [-0.39, 0.29) is 35.6 Å². The van der Waals surface area contributed by atoms with Gasteiger partial charge in [0.05, 0.1) is 9.82 Å². The summed E-state index contributed by atoms with van der Waals surface area (Å²) in [6.45, 7) is 0. The maximum Gasteiger partial charge on any atom is 2.00 e. The Morgan fingerprint density at radius 1 is 1.15 bits per heavy atom. The molecule has 0 saturated carbocycles. The van der Waals surface area contributed by atoms with E-state index in [2.05, 4.69) is 17.9 Å². The Kier molecular flexibility index (Phi) is 5.86. The number of benzene rings is 2. The standard InChI is InChI=1S/C13H10N2O3S.Zn/c16-13(14-10-4-2-1-3-5-10)9-6-7-12(19)11(8-9)15(17)18;/h1-8,19H,(H,14,16);/q;+2. The van der Waals surface area contributed by atoms with E-state index < -0.39 is 10.8 Å². The van der Waals surface area contributed by atoms with Crippen molar-refractivity contribution in [3.8, 4) is 0 Å². The van der Waals surface area contributed by atoms with Crippen molar-refractivity contribution in [3.63, 3.8) is 0 Å². The number of thiol groups is 1. The molecule has 0 aliphatic rings. The van der Waals surface area contributed by atoms with Gasteiger partial charge in [0, 0.05) is 17.3 Å². The fourth-order valence-corrected chi connectivity index (χ4v) is 1.76. The maximum atomic E-state index is 11.9. The Balaban J connectivity index is 0.00000200. The van der Waals surface area contributed by atoms with Gasteiger partial charge in [0.1, 0.15) is 0 Å². The molecule has 0 aliphatic carbocycles. The number of hydrogen-bond acceptors (Lipinski definition) is 4. The number of amides is 1. The van der Waals surface area contributed by atoms with E-state index in [1.807, 2.05) is 6.07 Å². The van der Waals surface area contributed by atoms with Crippen LogP contribution in [-0.2, 0) is 19.5 Å². The van der Waals surface area contributed by atoms with Crippen LogP contribution in [0.4, 0.5) is 11.4 Å². The van der Waals surface area contributed by atoms with E-state index in [9.17, 15) is 14.9 Å². The molecule has 5 nitrogen and oxygen atoms in total. The maximum absolute atomic E-state index is 11.9. The van der Waals surface area contributed by atoms with Gasteiger partial charge in [0.15, 0.2) is 0 Å². The number of carbonyl (C=O) groups is 1. The number of nitro groups is 1. The van der Waals surface area contributed by atoms with E-state index in [4.69, 9.17) is 0 Å². The van der Waals surface area contributed by atoms with Gasteiger partial charge in [-0.2, -0.15) is 0 Å². The average Bonchev–Trinajstić information content (AvgIpc) is 2.40. The van der Waals surface area contributed by atoms with Gasteiger partial charge in [-0.15, -0.1) is 12.6 Å². The van der Waals surface area contributed by atoms with Crippen LogP contribution in [0.1, 0.15) is 10.4 Å². The number of rotatable bonds is 3. The van der Waals surface area contributed by atoms with Crippen LogP contribution in [0.3, 0.4) is 0 Å². The molecule has 2 rings (SSSR count). The van der Waals surface area contributed by atoms with E-state index in [0.29, 0.717) is 5.69 Å². The van der Waals surface area contributed by atoms with Gasteiger partial charge in [-0.25, -0.2) is 0 Å². The van der Waals surface area contributed by atoms with Crippen LogP contribution in [0.15, 0.2) is 53.4 Å². The van der Waals surface area contributed by atoms with Crippen molar-refractivity contribution in [1.82, 2.24) is 0 Å². The minimum atomic E-state index is -0.568. The Morgan fingerprint density at radius 2 is 1.80 bits per heavy atom. The Bertz CT molecular complexity index is 635. The summed E-state index contributed by atoms with van der Waals surface area (Å²) in [4.78, 5) is 22.4. The van der Waals surface area contributed by atoms with Crippen LogP contribution in [0.5, 0.6) is 0 Å². The molecule has 0 atom stereocenters. The average molecular weight is 340 g/mol. The summed E-state index contributed by atoms with van der Waals surface area (Å²) in [7, 11) is 0. The second kappa shape index (κ2) is 7.17. The van der Waals surface area contributed by atoms with Crippen molar-refractivity contribution in [2.24, 2.45) is 0 Å². The van der Waals surface area contributed by atoms with Gasteiger partial charge in [0.2, 0.25) is 0 Å². The zero-order valence-electron chi connectivity index (χ0n) is 10.4. The smallest absolute Gasteiger partial charge is 0.322 e. The molecule has 0 radical (unpaired) electrons. The largest absolute Gasteiger partial charge is 2.00 e. The molecule has 0 spiro atoms. The van der Waals surface area contributed by atoms with Crippen LogP contribution in [0, 0.1) is 10.1 Å². The van der Waals surface area contributed by atoms with Gasteiger partial charge in [-0.05, 0) is 24.3 Å². The molecule has 2 aromatic carbocycles. The molecule has 7 heteroatoms. The predicted octanol–water partition coefficient (Wildman–Crippen LogP) is 3.13. The number of hydrogen-bond donors (Lipinski definition) is 2. The fourth-order valence-electron chi connectivity index (χ4n) is 1.54. The first-order chi connectivity index (χ1) is 9.08. The first-order valence-electron chi connectivity index (χ1n) is 5.42. The van der Waals surface area contributed by atoms with Crippen molar-refractivity contribution in [3.05, 3.63) is 64.2 Å². The Labute approximate surface area is 133 Å². The summed E-state index contributed by atoms with van der Waals surface area (Å²) in [5.74, 6) is -0.400. The first-order valence-corrected chi connectivity index (χ1v) is 5.86. The van der Waals surface area contributed by atoms with Crippen molar-refractivity contribution in [1.29, 1.82) is 0 Å². The molecular formula is C13H10N2O3SZn+2. The summed E-state index contributed by atoms with van der Waals surface area (Å²) in [6, 6.07) is 13.0. The predicted molar refractivity (Wildman–Crippen MR) is 74.7 cm³/mol. The van der Waals surface area contributed by atoms with E-state index >= 15 is 0 Å².